The molecule has 2 aromatic carbocycles. The summed E-state index contributed by atoms with van der Waals surface area (Å²) in [5, 5.41) is 13.3. The van der Waals surface area contributed by atoms with E-state index in [-0.39, 0.29) is 0 Å². The molecule has 0 fully saturated rings. The fraction of sp³-hybridized carbons (Fsp3) is 0.0952. The van der Waals surface area contributed by atoms with E-state index >= 15 is 0 Å². The van der Waals surface area contributed by atoms with Gasteiger partial charge >= 0.3 is 0 Å². The summed E-state index contributed by atoms with van der Waals surface area (Å²) in [6.07, 6.45) is 0. The van der Waals surface area contributed by atoms with Crippen molar-refractivity contribution in [2.24, 2.45) is 0 Å². The zero-order chi connectivity index (χ0) is 18.6. The zero-order valence-electron chi connectivity index (χ0n) is 14.4. The molecule has 3 N–H and O–H groups in total. The van der Waals surface area contributed by atoms with E-state index in [0.29, 0.717) is 4.88 Å². The minimum Gasteiger partial charge on any atom is -0.308 e. The SMILES string of the molecule is O=C(NO)c1cc2cc(-c3ccc(CNCc4ccccc4)s3)ccc2s1. The van der Waals surface area contributed by atoms with Gasteiger partial charge in [0.05, 0.1) is 4.88 Å². The van der Waals surface area contributed by atoms with Gasteiger partial charge in [0.25, 0.3) is 5.91 Å². The first-order valence-electron chi connectivity index (χ1n) is 8.55. The van der Waals surface area contributed by atoms with Gasteiger partial charge in [0.2, 0.25) is 0 Å². The molecule has 2 aromatic heterocycles. The Bertz CT molecular complexity index is 1070. The van der Waals surface area contributed by atoms with Crippen molar-refractivity contribution in [2.75, 3.05) is 0 Å². The highest BCUT2D eigenvalue weighted by molar-refractivity contribution is 7.20. The number of carbonyl (C=O) groups excluding carboxylic acids is 1. The van der Waals surface area contributed by atoms with Gasteiger partial charge in [-0.05, 0) is 46.8 Å². The van der Waals surface area contributed by atoms with Gasteiger partial charge in [0, 0.05) is 27.5 Å². The van der Waals surface area contributed by atoms with Crippen LogP contribution in [0.1, 0.15) is 20.1 Å². The van der Waals surface area contributed by atoms with Gasteiger partial charge in [-0.2, -0.15) is 0 Å². The fourth-order valence-electron chi connectivity index (χ4n) is 2.92. The molecule has 0 saturated carbocycles. The molecular weight excluding hydrogens is 376 g/mol. The van der Waals surface area contributed by atoms with Crippen molar-refractivity contribution >= 4 is 38.7 Å². The van der Waals surface area contributed by atoms with Crippen molar-refractivity contribution < 1.29 is 10.0 Å². The minimum atomic E-state index is -0.472. The summed E-state index contributed by atoms with van der Waals surface area (Å²) >= 11 is 3.14. The molecule has 0 radical (unpaired) electrons. The summed E-state index contributed by atoms with van der Waals surface area (Å²) in [5.74, 6) is -0.472. The predicted molar refractivity (Wildman–Crippen MR) is 111 cm³/mol. The number of amides is 1. The topological polar surface area (TPSA) is 61.4 Å². The van der Waals surface area contributed by atoms with Gasteiger partial charge in [-0.3, -0.25) is 10.0 Å². The van der Waals surface area contributed by atoms with Crippen LogP contribution in [0.25, 0.3) is 20.5 Å². The number of benzene rings is 2. The number of hydrogen-bond acceptors (Lipinski definition) is 5. The Hall–Kier alpha value is -2.51. The molecule has 0 atom stereocenters. The third kappa shape index (κ3) is 4.09. The molecule has 27 heavy (non-hydrogen) atoms. The molecule has 4 nitrogen and oxygen atoms in total. The molecular formula is C21H18N2O2S2. The predicted octanol–water partition coefficient (Wildman–Crippen LogP) is 5.04. The fourth-order valence-corrected chi connectivity index (χ4v) is 4.82. The van der Waals surface area contributed by atoms with E-state index in [0.717, 1.165) is 28.7 Å². The molecule has 0 unspecified atom stereocenters. The molecule has 0 saturated heterocycles. The Morgan fingerprint density at radius 1 is 0.926 bits per heavy atom. The summed E-state index contributed by atoms with van der Waals surface area (Å²) in [5.41, 5.74) is 4.10. The number of thiophene rings is 2. The average molecular weight is 395 g/mol. The normalized spacial score (nSPS) is 11.0. The molecule has 136 valence electrons. The van der Waals surface area contributed by atoms with Crippen LogP contribution in [0.4, 0.5) is 0 Å². The van der Waals surface area contributed by atoms with Crippen LogP contribution in [0.2, 0.25) is 0 Å². The van der Waals surface area contributed by atoms with Crippen LogP contribution in [0.15, 0.2) is 66.7 Å². The van der Waals surface area contributed by atoms with Crippen molar-refractivity contribution in [1.82, 2.24) is 10.8 Å². The van der Waals surface area contributed by atoms with Crippen molar-refractivity contribution in [3.8, 4) is 10.4 Å². The minimum absolute atomic E-state index is 0.472. The van der Waals surface area contributed by atoms with E-state index in [2.05, 4.69) is 53.8 Å². The Labute approximate surface area is 165 Å². The van der Waals surface area contributed by atoms with E-state index < -0.39 is 5.91 Å². The third-order valence-corrected chi connectivity index (χ3v) is 6.51. The maximum absolute atomic E-state index is 11.6. The zero-order valence-corrected chi connectivity index (χ0v) is 16.1. The van der Waals surface area contributed by atoms with Crippen molar-refractivity contribution in [3.63, 3.8) is 0 Å². The summed E-state index contributed by atoms with van der Waals surface area (Å²) in [6.45, 7) is 1.69. The summed E-state index contributed by atoms with van der Waals surface area (Å²) < 4.78 is 1.03. The van der Waals surface area contributed by atoms with Gasteiger partial charge in [0.1, 0.15) is 0 Å². The summed E-state index contributed by atoms with van der Waals surface area (Å²) in [6, 6.07) is 22.7. The highest BCUT2D eigenvalue weighted by Gasteiger charge is 2.11. The van der Waals surface area contributed by atoms with Gasteiger partial charge < -0.3 is 5.32 Å². The lowest BCUT2D eigenvalue weighted by Gasteiger charge is -2.03. The van der Waals surface area contributed by atoms with E-state index in [1.165, 1.54) is 26.7 Å². The first-order chi connectivity index (χ1) is 13.2. The van der Waals surface area contributed by atoms with Crippen LogP contribution in [0, 0.1) is 0 Å². The van der Waals surface area contributed by atoms with Crippen LogP contribution in [0.5, 0.6) is 0 Å². The van der Waals surface area contributed by atoms with E-state index in [1.807, 2.05) is 18.2 Å². The molecule has 4 aromatic rings. The van der Waals surface area contributed by atoms with Gasteiger partial charge in [-0.25, -0.2) is 5.48 Å². The van der Waals surface area contributed by atoms with E-state index in [1.54, 1.807) is 16.8 Å². The molecule has 0 aliphatic carbocycles. The van der Waals surface area contributed by atoms with Crippen LogP contribution in [0.3, 0.4) is 0 Å². The number of nitrogens with one attached hydrogen (secondary N) is 2. The molecule has 2 heterocycles. The molecule has 0 bridgehead atoms. The van der Waals surface area contributed by atoms with Crippen LogP contribution >= 0.6 is 22.7 Å². The number of carbonyl (C=O) groups is 1. The Morgan fingerprint density at radius 2 is 1.78 bits per heavy atom. The molecule has 4 rings (SSSR count). The third-order valence-electron chi connectivity index (χ3n) is 4.26. The lowest BCUT2D eigenvalue weighted by atomic mass is 10.1. The second-order valence-corrected chi connectivity index (χ2v) is 8.41. The Morgan fingerprint density at radius 3 is 2.59 bits per heavy atom. The molecule has 0 spiro atoms. The largest absolute Gasteiger partial charge is 0.308 e. The van der Waals surface area contributed by atoms with Crippen LogP contribution in [-0.4, -0.2) is 11.1 Å². The van der Waals surface area contributed by atoms with E-state index in [9.17, 15) is 4.79 Å². The molecule has 6 heteroatoms. The lowest BCUT2D eigenvalue weighted by Crippen LogP contribution is -2.16. The van der Waals surface area contributed by atoms with Crippen molar-refractivity contribution in [1.29, 1.82) is 0 Å². The maximum Gasteiger partial charge on any atom is 0.284 e. The smallest absolute Gasteiger partial charge is 0.284 e. The molecule has 0 aliphatic rings. The quantitative estimate of drug-likeness (QED) is 0.317. The number of rotatable bonds is 6. The second kappa shape index (κ2) is 8.02. The molecule has 0 aliphatic heterocycles. The van der Waals surface area contributed by atoms with Crippen LogP contribution < -0.4 is 10.8 Å². The van der Waals surface area contributed by atoms with Crippen LogP contribution in [-0.2, 0) is 13.1 Å². The highest BCUT2D eigenvalue weighted by Crippen LogP contribution is 2.33. The maximum atomic E-state index is 11.6. The summed E-state index contributed by atoms with van der Waals surface area (Å²) in [4.78, 5) is 14.6. The first-order valence-corrected chi connectivity index (χ1v) is 10.2. The van der Waals surface area contributed by atoms with Gasteiger partial charge in [-0.15, -0.1) is 22.7 Å². The van der Waals surface area contributed by atoms with Crippen molar-refractivity contribution in [3.05, 3.63) is 82.0 Å². The average Bonchev–Trinajstić information content (AvgIpc) is 3.34. The Balaban J connectivity index is 1.46. The van der Waals surface area contributed by atoms with Gasteiger partial charge in [0.15, 0.2) is 0 Å². The van der Waals surface area contributed by atoms with Gasteiger partial charge in [-0.1, -0.05) is 36.4 Å². The lowest BCUT2D eigenvalue weighted by molar-refractivity contribution is 0.0711. The second-order valence-electron chi connectivity index (χ2n) is 6.16. The van der Waals surface area contributed by atoms with E-state index in [4.69, 9.17) is 5.21 Å². The van der Waals surface area contributed by atoms with Crippen molar-refractivity contribution in [2.45, 2.75) is 13.1 Å². The highest BCUT2D eigenvalue weighted by atomic mass is 32.1. The Kier molecular flexibility index (Phi) is 5.31. The first kappa shape index (κ1) is 17.9. The number of hydrogen-bond donors (Lipinski definition) is 3. The number of fused-ring (bicyclic) bond motifs is 1. The number of hydroxylamine groups is 1. The monoisotopic (exact) mass is 394 g/mol. The molecule has 1 amide bonds. The standard InChI is InChI=1S/C21H18N2O2S2/c24-21(23-25)20-11-16-10-15(6-8-19(16)27-20)18-9-7-17(26-18)13-22-12-14-4-2-1-3-5-14/h1-11,22,25H,12-13H2,(H,23,24). The summed E-state index contributed by atoms with van der Waals surface area (Å²) in [7, 11) is 0.